The topological polar surface area (TPSA) is 95.9 Å². The summed E-state index contributed by atoms with van der Waals surface area (Å²) in [5.41, 5.74) is -0.572. The van der Waals surface area contributed by atoms with Crippen LogP contribution in [0.25, 0.3) is 0 Å². The molecule has 21 heavy (non-hydrogen) atoms. The lowest BCUT2D eigenvalue weighted by molar-refractivity contribution is -0.145. The monoisotopic (exact) mass is 300 g/mol. The third kappa shape index (κ3) is 4.42. The Morgan fingerprint density at radius 3 is 2.38 bits per heavy atom. The van der Waals surface area contributed by atoms with E-state index in [-0.39, 0.29) is 31.6 Å². The van der Waals surface area contributed by atoms with Crippen LogP contribution >= 0.6 is 0 Å². The second-order valence-electron chi connectivity index (χ2n) is 6.16. The van der Waals surface area contributed by atoms with E-state index in [1.54, 1.807) is 27.7 Å². The molecule has 1 rings (SSSR count). The molecule has 2 unspecified atom stereocenters. The maximum atomic E-state index is 12.2. The molecule has 0 aromatic rings. The fourth-order valence-electron chi connectivity index (χ4n) is 2.20. The molecule has 0 aromatic carbocycles. The number of amides is 2. The normalized spacial score (nSPS) is 21.9. The van der Waals surface area contributed by atoms with E-state index in [4.69, 9.17) is 9.84 Å². The highest BCUT2D eigenvalue weighted by Crippen LogP contribution is 2.20. The molecule has 1 aliphatic rings. The highest BCUT2D eigenvalue weighted by Gasteiger charge is 2.39. The van der Waals surface area contributed by atoms with Gasteiger partial charge in [0.05, 0.1) is 25.8 Å². The molecule has 1 fully saturated rings. The van der Waals surface area contributed by atoms with Gasteiger partial charge >= 0.3 is 5.97 Å². The van der Waals surface area contributed by atoms with Crippen LogP contribution < -0.4 is 5.32 Å². The van der Waals surface area contributed by atoms with Crippen molar-refractivity contribution in [3.8, 4) is 0 Å². The van der Waals surface area contributed by atoms with Crippen LogP contribution in [-0.2, 0) is 19.1 Å². The van der Waals surface area contributed by atoms with Crippen LogP contribution in [0.4, 0.5) is 0 Å². The van der Waals surface area contributed by atoms with E-state index in [2.05, 4.69) is 5.32 Å². The lowest BCUT2D eigenvalue weighted by Gasteiger charge is -2.30. The lowest BCUT2D eigenvalue weighted by atomic mass is 9.96. The van der Waals surface area contributed by atoms with Crippen LogP contribution in [0.3, 0.4) is 0 Å². The van der Waals surface area contributed by atoms with E-state index in [1.807, 2.05) is 0 Å². The van der Waals surface area contributed by atoms with Crippen LogP contribution in [-0.4, -0.2) is 60.1 Å². The average Bonchev–Trinajstić information content (AvgIpc) is 2.84. The number of hydrogen-bond donors (Lipinski definition) is 2. The molecule has 2 N–H and O–H groups in total. The number of carboxylic acid groups (broad SMARTS) is 1. The lowest BCUT2D eigenvalue weighted by Crippen LogP contribution is -2.50. The van der Waals surface area contributed by atoms with Gasteiger partial charge in [0.15, 0.2) is 0 Å². The number of carbonyl (C=O) groups excluding carboxylic acids is 2. The van der Waals surface area contributed by atoms with Crippen molar-refractivity contribution in [3.63, 3.8) is 0 Å². The Labute approximate surface area is 124 Å². The molecule has 0 aromatic heterocycles. The van der Waals surface area contributed by atoms with Crippen LogP contribution in [0.1, 0.15) is 27.7 Å². The molecule has 1 heterocycles. The van der Waals surface area contributed by atoms with Gasteiger partial charge in [0.25, 0.3) is 0 Å². The fourth-order valence-corrected chi connectivity index (χ4v) is 2.20. The van der Waals surface area contributed by atoms with Gasteiger partial charge in [-0.25, -0.2) is 0 Å². The quantitative estimate of drug-likeness (QED) is 0.750. The number of aliphatic carboxylic acids is 1. The Hall–Kier alpha value is -1.63. The number of nitrogens with one attached hydrogen (secondary N) is 1. The van der Waals surface area contributed by atoms with E-state index < -0.39 is 23.3 Å². The Morgan fingerprint density at radius 2 is 1.90 bits per heavy atom. The summed E-state index contributed by atoms with van der Waals surface area (Å²) in [5, 5.41) is 11.7. The third-order valence-corrected chi connectivity index (χ3v) is 3.51. The molecule has 2 amide bonds. The fraction of sp³-hybridized carbons (Fsp3) is 0.786. The molecule has 0 radical (unpaired) electrons. The predicted molar refractivity (Wildman–Crippen MR) is 75.6 cm³/mol. The van der Waals surface area contributed by atoms with Crippen molar-refractivity contribution in [1.82, 2.24) is 10.2 Å². The van der Waals surface area contributed by atoms with Crippen molar-refractivity contribution >= 4 is 17.8 Å². The molecule has 1 saturated heterocycles. The number of hydrogen-bond acceptors (Lipinski definition) is 4. The van der Waals surface area contributed by atoms with Gasteiger partial charge in [0.2, 0.25) is 11.8 Å². The summed E-state index contributed by atoms with van der Waals surface area (Å²) >= 11 is 0. The first kappa shape index (κ1) is 17.4. The minimum atomic E-state index is -0.970. The number of carbonyl (C=O) groups is 3. The summed E-state index contributed by atoms with van der Waals surface area (Å²) in [6.45, 7) is 7.62. The van der Waals surface area contributed by atoms with Crippen LogP contribution in [0.5, 0.6) is 0 Å². The number of carboxylic acids is 1. The third-order valence-electron chi connectivity index (χ3n) is 3.51. The second kappa shape index (κ2) is 6.89. The van der Waals surface area contributed by atoms with E-state index in [9.17, 15) is 14.4 Å². The molecule has 0 spiro atoms. The van der Waals surface area contributed by atoms with E-state index in [0.717, 1.165) is 0 Å². The largest absolute Gasteiger partial charge is 0.481 e. The van der Waals surface area contributed by atoms with Crippen LogP contribution in [0.15, 0.2) is 0 Å². The standard InChI is InChI=1S/C14H24N2O5/c1-5-16(10-8-21-7-9(10)12(18)19)11(17)6-15-13(20)14(2,3)4/h9-10H,5-8H2,1-4H3,(H,15,20)(H,18,19). The van der Waals surface area contributed by atoms with Crippen molar-refractivity contribution in [3.05, 3.63) is 0 Å². The van der Waals surface area contributed by atoms with Crippen LogP contribution in [0.2, 0.25) is 0 Å². The van der Waals surface area contributed by atoms with Gasteiger partial charge in [-0.15, -0.1) is 0 Å². The highest BCUT2D eigenvalue weighted by atomic mass is 16.5. The molecule has 1 aliphatic heterocycles. The first-order valence-corrected chi connectivity index (χ1v) is 7.06. The summed E-state index contributed by atoms with van der Waals surface area (Å²) < 4.78 is 5.18. The number of ether oxygens (including phenoxy) is 1. The highest BCUT2D eigenvalue weighted by molar-refractivity contribution is 5.87. The zero-order chi connectivity index (χ0) is 16.2. The molecule has 7 nitrogen and oxygen atoms in total. The summed E-state index contributed by atoms with van der Waals surface area (Å²) in [5.74, 6) is -2.20. The maximum Gasteiger partial charge on any atom is 0.311 e. The van der Waals surface area contributed by atoms with E-state index in [0.29, 0.717) is 6.54 Å². The van der Waals surface area contributed by atoms with Gasteiger partial charge in [-0.05, 0) is 6.92 Å². The van der Waals surface area contributed by atoms with Gasteiger partial charge in [0.1, 0.15) is 5.92 Å². The molecular weight excluding hydrogens is 276 g/mol. The maximum absolute atomic E-state index is 12.2. The zero-order valence-corrected chi connectivity index (χ0v) is 13.0. The Balaban J connectivity index is 2.65. The second-order valence-corrected chi connectivity index (χ2v) is 6.16. The summed E-state index contributed by atoms with van der Waals surface area (Å²) in [4.78, 5) is 36.6. The van der Waals surface area contributed by atoms with Gasteiger partial charge in [-0.2, -0.15) is 0 Å². The first-order valence-electron chi connectivity index (χ1n) is 7.06. The molecule has 0 bridgehead atoms. The smallest absolute Gasteiger partial charge is 0.311 e. The SMILES string of the molecule is CCN(C(=O)CNC(=O)C(C)(C)C)C1COCC1C(=O)O. The Morgan fingerprint density at radius 1 is 1.29 bits per heavy atom. The summed E-state index contributed by atoms with van der Waals surface area (Å²) in [6.07, 6.45) is 0. The summed E-state index contributed by atoms with van der Waals surface area (Å²) in [7, 11) is 0. The van der Waals surface area contributed by atoms with Crippen molar-refractivity contribution in [2.24, 2.45) is 11.3 Å². The molecule has 0 saturated carbocycles. The minimum Gasteiger partial charge on any atom is -0.481 e. The molecule has 120 valence electrons. The van der Waals surface area contributed by atoms with Crippen molar-refractivity contribution < 1.29 is 24.2 Å². The van der Waals surface area contributed by atoms with Crippen LogP contribution in [0, 0.1) is 11.3 Å². The number of nitrogens with zero attached hydrogens (tertiary/aromatic N) is 1. The van der Waals surface area contributed by atoms with Gasteiger partial charge < -0.3 is 20.1 Å². The van der Waals surface area contributed by atoms with E-state index >= 15 is 0 Å². The van der Waals surface area contributed by atoms with Crippen molar-refractivity contribution in [1.29, 1.82) is 0 Å². The molecule has 7 heteroatoms. The predicted octanol–water partition coefficient (Wildman–Crippen LogP) is 0.0968. The first-order chi connectivity index (χ1) is 9.68. The molecular formula is C14H24N2O5. The van der Waals surface area contributed by atoms with Crippen molar-refractivity contribution in [2.45, 2.75) is 33.7 Å². The van der Waals surface area contributed by atoms with Gasteiger partial charge in [-0.1, -0.05) is 20.8 Å². The average molecular weight is 300 g/mol. The molecule has 0 aliphatic carbocycles. The zero-order valence-electron chi connectivity index (χ0n) is 13.0. The summed E-state index contributed by atoms with van der Waals surface area (Å²) in [6, 6.07) is -0.480. The Bertz CT molecular complexity index is 416. The van der Waals surface area contributed by atoms with Crippen molar-refractivity contribution in [2.75, 3.05) is 26.3 Å². The van der Waals surface area contributed by atoms with Gasteiger partial charge in [-0.3, -0.25) is 14.4 Å². The Kier molecular flexibility index (Phi) is 5.71. The van der Waals surface area contributed by atoms with E-state index in [1.165, 1.54) is 4.90 Å². The number of rotatable bonds is 5. The van der Waals surface area contributed by atoms with Gasteiger partial charge in [0, 0.05) is 12.0 Å². The number of likely N-dealkylation sites (N-methyl/N-ethyl adjacent to an activating group) is 1. The minimum absolute atomic E-state index is 0.109. The molecule has 2 atom stereocenters.